The number of rotatable bonds is 7. The smallest absolute Gasteiger partial charge is 0.214 e. The van der Waals surface area contributed by atoms with Gasteiger partial charge in [-0.25, -0.2) is 12.7 Å². The molecule has 0 radical (unpaired) electrons. The highest BCUT2D eigenvalue weighted by atomic mass is 35.5. The summed E-state index contributed by atoms with van der Waals surface area (Å²) < 4.78 is 31.1. The molecule has 20 heavy (non-hydrogen) atoms. The van der Waals surface area contributed by atoms with Gasteiger partial charge in [-0.3, -0.25) is 0 Å². The third-order valence-corrected chi connectivity index (χ3v) is 5.66. The number of ether oxygens (including phenoxy) is 1. The molecule has 0 bridgehead atoms. The Bertz CT molecular complexity index is 545. The molecule has 1 unspecified atom stereocenters. The molecule has 1 rings (SSSR count). The fourth-order valence-electron chi connectivity index (χ4n) is 1.90. The van der Waals surface area contributed by atoms with Gasteiger partial charge in [0.15, 0.2) is 0 Å². The summed E-state index contributed by atoms with van der Waals surface area (Å²) in [6.45, 7) is 4.08. The van der Waals surface area contributed by atoms with Gasteiger partial charge in [-0.2, -0.15) is 0 Å². The predicted octanol–water partition coefficient (Wildman–Crippen LogP) is 2.64. The first-order valence-electron chi connectivity index (χ1n) is 6.43. The van der Waals surface area contributed by atoms with Crippen LogP contribution >= 0.6 is 11.6 Å². The number of sulfonamides is 1. The molecule has 0 heterocycles. The van der Waals surface area contributed by atoms with E-state index in [1.807, 2.05) is 32.0 Å². The maximum Gasteiger partial charge on any atom is 0.214 e. The molecule has 0 saturated carbocycles. The van der Waals surface area contributed by atoms with Gasteiger partial charge in [0, 0.05) is 25.0 Å². The van der Waals surface area contributed by atoms with Crippen molar-refractivity contribution in [3.05, 3.63) is 29.3 Å². The maximum absolute atomic E-state index is 12.2. The molecule has 6 heteroatoms. The van der Waals surface area contributed by atoms with Gasteiger partial charge in [0.25, 0.3) is 0 Å². The highest BCUT2D eigenvalue weighted by molar-refractivity contribution is 7.89. The van der Waals surface area contributed by atoms with Crippen molar-refractivity contribution in [1.29, 1.82) is 0 Å². The summed E-state index contributed by atoms with van der Waals surface area (Å²) in [7, 11) is -0.151. The molecule has 1 aromatic carbocycles. The van der Waals surface area contributed by atoms with Gasteiger partial charge in [0.1, 0.15) is 5.75 Å². The van der Waals surface area contributed by atoms with E-state index in [1.54, 1.807) is 14.2 Å². The molecule has 0 aliphatic heterocycles. The first kappa shape index (κ1) is 17.3. The van der Waals surface area contributed by atoms with E-state index in [-0.39, 0.29) is 11.7 Å². The standard InChI is InChI=1S/C14H22ClNO3S/c1-11-5-6-14(19-4)13(7-11)9-16(3)20(17,18)10-12(2)8-15/h5-7,12H,8-10H2,1-4H3. The number of alkyl halides is 1. The number of halogens is 1. The van der Waals surface area contributed by atoms with E-state index in [4.69, 9.17) is 16.3 Å². The average Bonchev–Trinajstić information content (AvgIpc) is 2.38. The second-order valence-corrected chi connectivity index (χ2v) is 7.54. The fourth-order valence-corrected chi connectivity index (χ4v) is 3.57. The minimum absolute atomic E-state index is 0.0567. The molecule has 0 aliphatic rings. The van der Waals surface area contributed by atoms with Gasteiger partial charge in [-0.15, -0.1) is 11.6 Å². The van der Waals surface area contributed by atoms with E-state index in [0.717, 1.165) is 11.1 Å². The summed E-state index contributed by atoms with van der Waals surface area (Å²) in [4.78, 5) is 0. The molecule has 0 amide bonds. The monoisotopic (exact) mass is 319 g/mol. The van der Waals surface area contributed by atoms with Crippen molar-refractivity contribution >= 4 is 21.6 Å². The van der Waals surface area contributed by atoms with E-state index >= 15 is 0 Å². The fraction of sp³-hybridized carbons (Fsp3) is 0.571. The van der Waals surface area contributed by atoms with Crippen LogP contribution in [0.1, 0.15) is 18.1 Å². The van der Waals surface area contributed by atoms with E-state index in [2.05, 4.69) is 0 Å². The maximum atomic E-state index is 12.2. The molecule has 0 saturated heterocycles. The summed E-state index contributed by atoms with van der Waals surface area (Å²) in [5, 5.41) is 0. The molecule has 0 aliphatic carbocycles. The van der Waals surface area contributed by atoms with Crippen molar-refractivity contribution in [2.45, 2.75) is 20.4 Å². The second-order valence-electron chi connectivity index (χ2n) is 5.11. The van der Waals surface area contributed by atoms with Gasteiger partial charge in [0.05, 0.1) is 12.9 Å². The van der Waals surface area contributed by atoms with Gasteiger partial charge in [0.2, 0.25) is 10.0 Å². The van der Waals surface area contributed by atoms with Crippen molar-refractivity contribution < 1.29 is 13.2 Å². The molecule has 4 nitrogen and oxygen atoms in total. The zero-order valence-electron chi connectivity index (χ0n) is 12.4. The van der Waals surface area contributed by atoms with Crippen LogP contribution in [0, 0.1) is 12.8 Å². The van der Waals surface area contributed by atoms with E-state index in [1.165, 1.54) is 4.31 Å². The van der Waals surface area contributed by atoms with Gasteiger partial charge >= 0.3 is 0 Å². The van der Waals surface area contributed by atoms with Gasteiger partial charge in [-0.05, 0) is 18.9 Å². The number of methoxy groups -OCH3 is 1. The summed E-state index contributed by atoms with van der Waals surface area (Å²) in [6.07, 6.45) is 0. The van der Waals surface area contributed by atoms with Crippen LogP contribution in [0.5, 0.6) is 5.75 Å². The molecule has 0 aromatic heterocycles. The Labute approximate surface area is 126 Å². The van der Waals surface area contributed by atoms with Crippen molar-refractivity contribution in [3.63, 3.8) is 0 Å². The van der Waals surface area contributed by atoms with Crippen molar-refractivity contribution in [3.8, 4) is 5.75 Å². The number of aryl methyl sites for hydroxylation is 1. The average molecular weight is 320 g/mol. The number of hydrogen-bond donors (Lipinski definition) is 0. The van der Waals surface area contributed by atoms with Crippen LogP contribution in [-0.2, 0) is 16.6 Å². The van der Waals surface area contributed by atoms with Crippen LogP contribution in [0.2, 0.25) is 0 Å². The lowest BCUT2D eigenvalue weighted by Crippen LogP contribution is -2.31. The van der Waals surface area contributed by atoms with Crippen LogP contribution in [0.25, 0.3) is 0 Å². The predicted molar refractivity (Wildman–Crippen MR) is 82.9 cm³/mol. The number of nitrogens with zero attached hydrogens (tertiary/aromatic N) is 1. The Morgan fingerprint density at radius 2 is 2.05 bits per heavy atom. The molecular formula is C14H22ClNO3S. The number of benzene rings is 1. The molecule has 114 valence electrons. The quantitative estimate of drug-likeness (QED) is 0.726. The zero-order valence-corrected chi connectivity index (χ0v) is 14.0. The lowest BCUT2D eigenvalue weighted by Gasteiger charge is -2.20. The van der Waals surface area contributed by atoms with E-state index in [0.29, 0.717) is 18.2 Å². The van der Waals surface area contributed by atoms with Crippen molar-refractivity contribution in [1.82, 2.24) is 4.31 Å². The van der Waals surface area contributed by atoms with Crippen LogP contribution < -0.4 is 4.74 Å². The van der Waals surface area contributed by atoms with E-state index < -0.39 is 10.0 Å². The van der Waals surface area contributed by atoms with Crippen LogP contribution in [0.15, 0.2) is 18.2 Å². The zero-order chi connectivity index (χ0) is 15.3. The molecule has 0 N–H and O–H groups in total. The number of hydrogen-bond acceptors (Lipinski definition) is 3. The van der Waals surface area contributed by atoms with Crippen LogP contribution in [0.4, 0.5) is 0 Å². The molecule has 1 aromatic rings. The normalized spacial score (nSPS) is 13.5. The molecule has 1 atom stereocenters. The second kappa shape index (κ2) is 7.29. The summed E-state index contributed by atoms with van der Waals surface area (Å²) in [5.74, 6) is 1.02. The molecule has 0 spiro atoms. The first-order chi connectivity index (χ1) is 9.30. The SMILES string of the molecule is COc1ccc(C)cc1CN(C)S(=O)(=O)CC(C)CCl. The summed E-state index contributed by atoms with van der Waals surface area (Å²) in [6, 6.07) is 5.73. The first-order valence-corrected chi connectivity index (χ1v) is 8.58. The minimum atomic E-state index is -3.31. The minimum Gasteiger partial charge on any atom is -0.496 e. The largest absolute Gasteiger partial charge is 0.496 e. The molecular weight excluding hydrogens is 298 g/mol. The Balaban J connectivity index is 2.90. The Morgan fingerprint density at radius 3 is 2.60 bits per heavy atom. The highest BCUT2D eigenvalue weighted by Gasteiger charge is 2.22. The van der Waals surface area contributed by atoms with Crippen molar-refractivity contribution in [2.24, 2.45) is 5.92 Å². The van der Waals surface area contributed by atoms with Crippen LogP contribution in [0.3, 0.4) is 0 Å². The Hall–Kier alpha value is -0.780. The van der Waals surface area contributed by atoms with Crippen LogP contribution in [-0.4, -0.2) is 38.5 Å². The topological polar surface area (TPSA) is 46.6 Å². The van der Waals surface area contributed by atoms with Crippen molar-refractivity contribution in [2.75, 3.05) is 25.8 Å². The lowest BCUT2D eigenvalue weighted by atomic mass is 10.1. The highest BCUT2D eigenvalue weighted by Crippen LogP contribution is 2.22. The van der Waals surface area contributed by atoms with Gasteiger partial charge in [-0.1, -0.05) is 24.6 Å². The Kier molecular flexibility index (Phi) is 6.30. The lowest BCUT2D eigenvalue weighted by molar-refractivity contribution is 0.397. The summed E-state index contributed by atoms with van der Waals surface area (Å²) in [5.41, 5.74) is 1.93. The summed E-state index contributed by atoms with van der Waals surface area (Å²) >= 11 is 5.69. The van der Waals surface area contributed by atoms with Gasteiger partial charge < -0.3 is 4.74 Å². The third-order valence-electron chi connectivity index (χ3n) is 3.06. The molecule has 0 fully saturated rings. The third kappa shape index (κ3) is 4.65. The van der Waals surface area contributed by atoms with E-state index in [9.17, 15) is 8.42 Å². The Morgan fingerprint density at radius 1 is 1.40 bits per heavy atom.